The zero-order chi connectivity index (χ0) is 10.9. The van der Waals surface area contributed by atoms with Crippen LogP contribution < -0.4 is 0 Å². The minimum Gasteiger partial charge on any atom is -0.201 e. The molecule has 0 aliphatic carbocycles. The first-order chi connectivity index (χ1) is 6.38. The Morgan fingerprint density at radius 1 is 1.07 bits per heavy atom. The van der Waals surface area contributed by atoms with Crippen LogP contribution in [-0.2, 0) is 5.92 Å². The fraction of sp³-hybridized carbons (Fsp3) is 0.500. The molecule has 14 heavy (non-hydrogen) atoms. The predicted molar refractivity (Wildman–Crippen MR) is 54.8 cm³/mol. The van der Waals surface area contributed by atoms with Crippen LogP contribution >= 0.6 is 0 Å². The lowest BCUT2D eigenvalue weighted by Crippen LogP contribution is -2.15. The maximum Gasteiger partial charge on any atom is 0.273 e. The maximum absolute atomic E-state index is 13.5. The minimum absolute atomic E-state index is 0.141. The van der Waals surface area contributed by atoms with Crippen LogP contribution in [0.1, 0.15) is 35.6 Å². The van der Waals surface area contributed by atoms with Gasteiger partial charge in [-0.05, 0) is 31.9 Å². The summed E-state index contributed by atoms with van der Waals surface area (Å²) in [6.07, 6.45) is -0.141. The number of halogens is 2. The van der Waals surface area contributed by atoms with Crippen molar-refractivity contribution >= 4 is 0 Å². The molecule has 2 heteroatoms. The van der Waals surface area contributed by atoms with Gasteiger partial charge < -0.3 is 0 Å². The quantitative estimate of drug-likeness (QED) is 0.670. The molecule has 0 amide bonds. The Bertz CT molecular complexity index is 317. The standard InChI is InChI=1S/C12H16F2/c1-5-12(13,14)11-9(3)6-8(2)7-10(11)4/h6-7H,5H2,1-4H3. The first kappa shape index (κ1) is 11.2. The van der Waals surface area contributed by atoms with Crippen molar-refractivity contribution in [2.24, 2.45) is 0 Å². The van der Waals surface area contributed by atoms with Crippen molar-refractivity contribution in [1.29, 1.82) is 0 Å². The average Bonchev–Trinajstić information content (AvgIpc) is 2.01. The predicted octanol–water partition coefficient (Wildman–Crippen LogP) is 4.11. The van der Waals surface area contributed by atoms with Crippen LogP contribution in [0.15, 0.2) is 12.1 Å². The van der Waals surface area contributed by atoms with Crippen molar-refractivity contribution in [3.8, 4) is 0 Å². The highest BCUT2D eigenvalue weighted by molar-refractivity contribution is 5.40. The molecule has 0 bridgehead atoms. The van der Waals surface area contributed by atoms with E-state index < -0.39 is 5.92 Å². The lowest BCUT2D eigenvalue weighted by Gasteiger charge is -2.20. The molecule has 1 aromatic carbocycles. The molecule has 0 atom stereocenters. The highest BCUT2D eigenvalue weighted by Crippen LogP contribution is 2.36. The van der Waals surface area contributed by atoms with Crippen LogP contribution in [0, 0.1) is 20.8 Å². The SMILES string of the molecule is CCC(F)(F)c1c(C)cc(C)cc1C. The van der Waals surface area contributed by atoms with E-state index in [1.807, 2.05) is 19.1 Å². The second-order valence-corrected chi connectivity index (χ2v) is 3.83. The summed E-state index contributed by atoms with van der Waals surface area (Å²) in [5.41, 5.74) is 2.62. The Kier molecular flexibility index (Phi) is 2.93. The Morgan fingerprint density at radius 2 is 1.50 bits per heavy atom. The van der Waals surface area contributed by atoms with Gasteiger partial charge in [0.25, 0.3) is 5.92 Å². The molecule has 0 saturated carbocycles. The summed E-state index contributed by atoms with van der Waals surface area (Å²) >= 11 is 0. The van der Waals surface area contributed by atoms with E-state index >= 15 is 0 Å². The molecular weight excluding hydrogens is 182 g/mol. The molecule has 0 nitrogen and oxygen atoms in total. The smallest absolute Gasteiger partial charge is 0.201 e. The van der Waals surface area contributed by atoms with Crippen LogP contribution in [0.3, 0.4) is 0 Å². The Labute approximate surface area is 84.0 Å². The number of rotatable bonds is 2. The summed E-state index contributed by atoms with van der Waals surface area (Å²) in [6, 6.07) is 3.62. The van der Waals surface area contributed by atoms with Crippen LogP contribution in [0.4, 0.5) is 8.78 Å². The Balaban J connectivity index is 3.35. The summed E-state index contributed by atoms with van der Waals surface area (Å²) in [5.74, 6) is -2.69. The van der Waals surface area contributed by atoms with E-state index in [2.05, 4.69) is 0 Å². The van der Waals surface area contributed by atoms with E-state index in [4.69, 9.17) is 0 Å². The van der Waals surface area contributed by atoms with Crippen molar-refractivity contribution < 1.29 is 8.78 Å². The topological polar surface area (TPSA) is 0 Å². The first-order valence-corrected chi connectivity index (χ1v) is 4.84. The van der Waals surface area contributed by atoms with Gasteiger partial charge in [-0.1, -0.05) is 24.6 Å². The summed E-state index contributed by atoms with van der Waals surface area (Å²) in [4.78, 5) is 0. The largest absolute Gasteiger partial charge is 0.273 e. The lowest BCUT2D eigenvalue weighted by atomic mass is 9.94. The van der Waals surface area contributed by atoms with Crippen LogP contribution in [0.5, 0.6) is 0 Å². The number of alkyl halides is 2. The van der Waals surface area contributed by atoms with Crippen molar-refractivity contribution in [3.63, 3.8) is 0 Å². The summed E-state index contributed by atoms with van der Waals surface area (Å²) in [7, 11) is 0. The van der Waals surface area contributed by atoms with E-state index in [0.29, 0.717) is 11.1 Å². The van der Waals surface area contributed by atoms with E-state index in [1.165, 1.54) is 6.92 Å². The normalized spacial score (nSPS) is 11.9. The van der Waals surface area contributed by atoms with Crippen molar-refractivity contribution in [1.82, 2.24) is 0 Å². The molecule has 0 fully saturated rings. The van der Waals surface area contributed by atoms with Crippen molar-refractivity contribution in [2.75, 3.05) is 0 Å². The van der Waals surface area contributed by atoms with E-state index in [-0.39, 0.29) is 12.0 Å². The zero-order valence-electron chi connectivity index (χ0n) is 9.12. The van der Waals surface area contributed by atoms with E-state index in [9.17, 15) is 8.78 Å². The molecule has 0 aliphatic heterocycles. The van der Waals surface area contributed by atoms with Crippen LogP contribution in [-0.4, -0.2) is 0 Å². The maximum atomic E-state index is 13.5. The van der Waals surface area contributed by atoms with Crippen LogP contribution in [0.2, 0.25) is 0 Å². The molecule has 0 unspecified atom stereocenters. The molecular formula is C12H16F2. The Morgan fingerprint density at radius 3 is 1.86 bits per heavy atom. The third-order valence-electron chi connectivity index (χ3n) is 2.49. The molecule has 1 aromatic rings. The van der Waals surface area contributed by atoms with Gasteiger partial charge in [-0.2, -0.15) is 0 Å². The molecule has 0 N–H and O–H groups in total. The van der Waals surface area contributed by atoms with Gasteiger partial charge in [-0.25, -0.2) is 8.78 Å². The fourth-order valence-electron chi connectivity index (χ4n) is 1.93. The molecule has 0 saturated heterocycles. The van der Waals surface area contributed by atoms with Gasteiger partial charge in [0.2, 0.25) is 0 Å². The summed E-state index contributed by atoms with van der Waals surface area (Å²) in [6.45, 7) is 6.93. The van der Waals surface area contributed by atoms with Gasteiger partial charge in [-0.15, -0.1) is 0 Å². The fourth-order valence-corrected chi connectivity index (χ4v) is 1.93. The number of hydrogen-bond donors (Lipinski definition) is 0. The molecule has 0 radical (unpaired) electrons. The third kappa shape index (κ3) is 1.94. The monoisotopic (exact) mass is 198 g/mol. The summed E-state index contributed by atoms with van der Waals surface area (Å²) in [5, 5.41) is 0. The highest BCUT2D eigenvalue weighted by atomic mass is 19.3. The zero-order valence-corrected chi connectivity index (χ0v) is 9.12. The molecule has 0 aliphatic rings. The number of benzene rings is 1. The van der Waals surface area contributed by atoms with Gasteiger partial charge >= 0.3 is 0 Å². The Hall–Kier alpha value is -0.920. The average molecular weight is 198 g/mol. The third-order valence-corrected chi connectivity index (χ3v) is 2.49. The first-order valence-electron chi connectivity index (χ1n) is 4.84. The highest BCUT2D eigenvalue weighted by Gasteiger charge is 2.32. The number of aryl methyl sites for hydroxylation is 3. The van der Waals surface area contributed by atoms with E-state index in [1.54, 1.807) is 13.8 Å². The van der Waals surface area contributed by atoms with Gasteiger partial charge in [-0.3, -0.25) is 0 Å². The number of hydrogen-bond acceptors (Lipinski definition) is 0. The van der Waals surface area contributed by atoms with E-state index in [0.717, 1.165) is 5.56 Å². The molecule has 1 rings (SSSR count). The van der Waals surface area contributed by atoms with Crippen LogP contribution in [0.25, 0.3) is 0 Å². The molecule has 78 valence electrons. The molecule has 0 spiro atoms. The lowest BCUT2D eigenvalue weighted by molar-refractivity contribution is -0.00950. The summed E-state index contributed by atoms with van der Waals surface area (Å²) < 4.78 is 27.1. The second-order valence-electron chi connectivity index (χ2n) is 3.83. The van der Waals surface area contributed by atoms with Gasteiger partial charge in [0.1, 0.15) is 0 Å². The van der Waals surface area contributed by atoms with Gasteiger partial charge in [0.15, 0.2) is 0 Å². The molecule has 0 heterocycles. The van der Waals surface area contributed by atoms with Gasteiger partial charge in [0, 0.05) is 12.0 Å². The minimum atomic E-state index is -2.69. The molecule has 0 aromatic heterocycles. The van der Waals surface area contributed by atoms with Crippen molar-refractivity contribution in [3.05, 3.63) is 34.4 Å². The van der Waals surface area contributed by atoms with Gasteiger partial charge in [0.05, 0.1) is 0 Å². The van der Waals surface area contributed by atoms with Crippen molar-refractivity contribution in [2.45, 2.75) is 40.0 Å². The second kappa shape index (κ2) is 3.68.